The molecule has 1 aliphatic heterocycles. The fourth-order valence-corrected chi connectivity index (χ4v) is 4.81. The zero-order valence-electron chi connectivity index (χ0n) is 16.8. The summed E-state index contributed by atoms with van der Waals surface area (Å²) in [7, 11) is -3.52. The summed E-state index contributed by atoms with van der Waals surface area (Å²) >= 11 is 0. The van der Waals surface area contributed by atoms with Crippen molar-refractivity contribution in [3.8, 4) is 5.75 Å². The number of nitrogens with one attached hydrogen (secondary N) is 1. The van der Waals surface area contributed by atoms with Crippen LogP contribution in [0.5, 0.6) is 5.75 Å². The van der Waals surface area contributed by atoms with Gasteiger partial charge in [0.05, 0.1) is 15.5 Å². The largest absolute Gasteiger partial charge is 0.483 e. The number of hydrogen-bond acceptors (Lipinski definition) is 6. The normalized spacial score (nSPS) is 14.5. The third-order valence-electron chi connectivity index (χ3n) is 4.91. The van der Waals surface area contributed by atoms with Crippen LogP contribution in [0.25, 0.3) is 0 Å². The molecule has 0 saturated carbocycles. The molecule has 1 saturated heterocycles. The van der Waals surface area contributed by atoms with Gasteiger partial charge in [0.15, 0.2) is 6.61 Å². The van der Waals surface area contributed by atoms with E-state index in [0.717, 1.165) is 12.8 Å². The number of carbonyl (C=O) groups excluding carboxylic acids is 1. The van der Waals surface area contributed by atoms with Gasteiger partial charge in [-0.2, -0.15) is 4.31 Å². The number of hydrogen-bond donors (Lipinski definition) is 1. The van der Waals surface area contributed by atoms with Crippen LogP contribution >= 0.6 is 0 Å². The van der Waals surface area contributed by atoms with Crippen molar-refractivity contribution in [2.24, 2.45) is 0 Å². The zero-order chi connectivity index (χ0) is 21.9. The molecule has 10 heteroatoms. The van der Waals surface area contributed by atoms with Crippen molar-refractivity contribution >= 4 is 27.3 Å². The number of amides is 1. The maximum absolute atomic E-state index is 12.6. The van der Waals surface area contributed by atoms with Gasteiger partial charge in [-0.15, -0.1) is 0 Å². The summed E-state index contributed by atoms with van der Waals surface area (Å²) in [6, 6.07) is 8.74. The van der Waals surface area contributed by atoms with Gasteiger partial charge in [-0.25, -0.2) is 8.42 Å². The van der Waals surface area contributed by atoms with Crippen LogP contribution in [0.15, 0.2) is 41.3 Å². The quantitative estimate of drug-likeness (QED) is 0.530. The number of rotatable bonds is 7. The van der Waals surface area contributed by atoms with Crippen molar-refractivity contribution in [2.45, 2.75) is 31.6 Å². The lowest BCUT2D eigenvalue weighted by atomic mass is 10.2. The molecule has 3 rings (SSSR count). The van der Waals surface area contributed by atoms with Gasteiger partial charge in [0.1, 0.15) is 5.75 Å². The second kappa shape index (κ2) is 8.80. The number of carbonyl (C=O) groups is 1. The highest BCUT2D eigenvalue weighted by atomic mass is 32.2. The highest BCUT2D eigenvalue weighted by Crippen LogP contribution is 2.26. The van der Waals surface area contributed by atoms with Crippen molar-refractivity contribution in [2.75, 3.05) is 25.0 Å². The molecule has 9 nitrogen and oxygen atoms in total. The summed E-state index contributed by atoms with van der Waals surface area (Å²) < 4.78 is 32.3. The Labute approximate surface area is 174 Å². The number of ether oxygens (including phenoxy) is 1. The second-order valence-electron chi connectivity index (χ2n) is 7.13. The van der Waals surface area contributed by atoms with Crippen LogP contribution in [0, 0.1) is 24.0 Å². The molecule has 1 N–H and O–H groups in total. The molecule has 0 aliphatic carbocycles. The molecule has 160 valence electrons. The van der Waals surface area contributed by atoms with Crippen LogP contribution in [0.2, 0.25) is 0 Å². The average molecular weight is 433 g/mol. The molecule has 1 fully saturated rings. The lowest BCUT2D eigenvalue weighted by Gasteiger charge is -2.17. The van der Waals surface area contributed by atoms with E-state index in [-0.39, 0.29) is 17.2 Å². The van der Waals surface area contributed by atoms with Gasteiger partial charge in [-0.05, 0) is 56.0 Å². The molecular weight excluding hydrogens is 410 g/mol. The first-order chi connectivity index (χ1) is 14.2. The number of non-ortho nitro benzene ring substituents is 1. The summed E-state index contributed by atoms with van der Waals surface area (Å²) in [5.74, 6) is -0.0898. The fourth-order valence-electron chi connectivity index (χ4n) is 3.21. The van der Waals surface area contributed by atoms with E-state index in [1.165, 1.54) is 34.6 Å². The van der Waals surface area contributed by atoms with E-state index in [2.05, 4.69) is 5.32 Å². The van der Waals surface area contributed by atoms with E-state index in [0.29, 0.717) is 35.7 Å². The summed E-state index contributed by atoms with van der Waals surface area (Å²) in [5, 5.41) is 13.5. The number of anilines is 1. The molecule has 2 aromatic carbocycles. The van der Waals surface area contributed by atoms with E-state index >= 15 is 0 Å². The van der Waals surface area contributed by atoms with E-state index in [9.17, 15) is 23.3 Å². The van der Waals surface area contributed by atoms with Crippen LogP contribution in [-0.2, 0) is 14.8 Å². The molecule has 0 atom stereocenters. The molecule has 30 heavy (non-hydrogen) atoms. The Hall–Kier alpha value is -2.98. The Morgan fingerprint density at radius 2 is 1.83 bits per heavy atom. The molecule has 1 amide bonds. The zero-order valence-corrected chi connectivity index (χ0v) is 17.6. The average Bonchev–Trinajstić information content (AvgIpc) is 3.24. The topological polar surface area (TPSA) is 119 Å². The number of aryl methyl sites for hydroxylation is 2. The van der Waals surface area contributed by atoms with Gasteiger partial charge < -0.3 is 10.1 Å². The lowest BCUT2D eigenvalue weighted by Crippen LogP contribution is -2.27. The van der Waals surface area contributed by atoms with Crippen molar-refractivity contribution in [3.05, 3.63) is 57.6 Å². The maximum Gasteiger partial charge on any atom is 0.271 e. The summed E-state index contributed by atoms with van der Waals surface area (Å²) in [6.45, 7) is 4.17. The van der Waals surface area contributed by atoms with Crippen molar-refractivity contribution in [1.29, 1.82) is 0 Å². The monoisotopic (exact) mass is 433 g/mol. The van der Waals surface area contributed by atoms with Gasteiger partial charge >= 0.3 is 0 Å². The van der Waals surface area contributed by atoms with Crippen LogP contribution in [-0.4, -0.2) is 43.2 Å². The Morgan fingerprint density at radius 1 is 1.13 bits per heavy atom. The minimum Gasteiger partial charge on any atom is -0.483 e. The van der Waals surface area contributed by atoms with Gasteiger partial charge in [-0.1, -0.05) is 6.07 Å². The van der Waals surface area contributed by atoms with E-state index in [1.54, 1.807) is 19.9 Å². The first-order valence-electron chi connectivity index (χ1n) is 9.47. The van der Waals surface area contributed by atoms with Crippen molar-refractivity contribution < 1.29 is 22.9 Å². The second-order valence-corrected chi connectivity index (χ2v) is 9.07. The minimum atomic E-state index is -3.52. The number of nitrogens with zero attached hydrogens (tertiary/aromatic N) is 2. The van der Waals surface area contributed by atoms with Crippen LogP contribution < -0.4 is 10.1 Å². The highest BCUT2D eigenvalue weighted by Gasteiger charge is 2.27. The van der Waals surface area contributed by atoms with Crippen molar-refractivity contribution in [1.82, 2.24) is 4.31 Å². The van der Waals surface area contributed by atoms with E-state index in [4.69, 9.17) is 4.74 Å². The Kier molecular flexibility index (Phi) is 6.37. The molecule has 1 heterocycles. The Balaban J connectivity index is 1.65. The first kappa shape index (κ1) is 21.7. The molecule has 0 radical (unpaired) electrons. The molecule has 2 aromatic rings. The van der Waals surface area contributed by atoms with E-state index in [1.807, 2.05) is 0 Å². The molecule has 1 aliphatic rings. The maximum atomic E-state index is 12.6. The number of sulfonamides is 1. The van der Waals surface area contributed by atoms with Gasteiger partial charge in [0.25, 0.3) is 11.6 Å². The molecule has 0 unspecified atom stereocenters. The molecule has 0 spiro atoms. The highest BCUT2D eigenvalue weighted by molar-refractivity contribution is 7.89. The van der Waals surface area contributed by atoms with Gasteiger partial charge in [-0.3, -0.25) is 14.9 Å². The fraction of sp³-hybridized carbons (Fsp3) is 0.350. The van der Waals surface area contributed by atoms with Crippen LogP contribution in [0.4, 0.5) is 11.4 Å². The number of benzene rings is 2. The predicted octanol–water partition coefficient (Wildman–Crippen LogP) is 3.01. The van der Waals surface area contributed by atoms with Gasteiger partial charge in [0.2, 0.25) is 10.0 Å². The summed E-state index contributed by atoms with van der Waals surface area (Å²) in [4.78, 5) is 22.8. The molecule has 0 bridgehead atoms. The SMILES string of the molecule is Cc1ccc([N+](=O)[O-])cc1NC(=O)COc1ccc(S(=O)(=O)N2CCCC2)cc1C. The standard InChI is InChI=1S/C20H23N3O6S/c1-14-5-6-16(23(25)26)12-18(14)21-20(24)13-29-19-8-7-17(11-15(19)2)30(27,28)22-9-3-4-10-22/h5-8,11-12H,3-4,9-10,13H2,1-2H3,(H,21,24). The molecular formula is C20H23N3O6S. The first-order valence-corrected chi connectivity index (χ1v) is 10.9. The predicted molar refractivity (Wildman–Crippen MR) is 111 cm³/mol. The van der Waals surface area contributed by atoms with Crippen LogP contribution in [0.1, 0.15) is 24.0 Å². The van der Waals surface area contributed by atoms with Gasteiger partial charge in [0, 0.05) is 25.2 Å². The lowest BCUT2D eigenvalue weighted by molar-refractivity contribution is -0.384. The van der Waals surface area contributed by atoms with Crippen molar-refractivity contribution in [3.63, 3.8) is 0 Å². The third-order valence-corrected chi connectivity index (χ3v) is 6.81. The number of nitro groups is 1. The third kappa shape index (κ3) is 4.77. The summed E-state index contributed by atoms with van der Waals surface area (Å²) in [6.07, 6.45) is 1.72. The number of nitro benzene ring substituents is 1. The van der Waals surface area contributed by atoms with Crippen LogP contribution in [0.3, 0.4) is 0 Å². The van der Waals surface area contributed by atoms with E-state index < -0.39 is 20.9 Å². The smallest absolute Gasteiger partial charge is 0.271 e. The minimum absolute atomic E-state index is 0.123. The summed E-state index contributed by atoms with van der Waals surface area (Å²) in [5.41, 5.74) is 1.49. The Morgan fingerprint density at radius 3 is 2.47 bits per heavy atom. The molecule has 0 aromatic heterocycles. The Bertz CT molecular complexity index is 1080.